The zero-order valence-electron chi connectivity index (χ0n) is 16.0. The number of hydrogen-bond acceptors (Lipinski definition) is 4. The van der Waals surface area contributed by atoms with Gasteiger partial charge in [-0.05, 0) is 60.6 Å². The second kappa shape index (κ2) is 6.30. The molecule has 0 saturated carbocycles. The fraction of sp³-hybridized carbons (Fsp3) is 0.261. The molecule has 1 aliphatic heterocycles. The Morgan fingerprint density at radius 3 is 2.52 bits per heavy atom. The van der Waals surface area contributed by atoms with E-state index in [0.717, 1.165) is 30.2 Å². The first-order valence-corrected chi connectivity index (χ1v) is 9.74. The summed E-state index contributed by atoms with van der Waals surface area (Å²) in [7, 11) is 0. The van der Waals surface area contributed by atoms with Gasteiger partial charge in [0.25, 0.3) is 5.91 Å². The zero-order chi connectivity index (χ0) is 20.2. The van der Waals surface area contributed by atoms with E-state index < -0.39 is 17.2 Å². The number of carbonyl (C=O) groups is 2. The summed E-state index contributed by atoms with van der Waals surface area (Å²) in [4.78, 5) is 39.2. The molecule has 1 N–H and O–H groups in total. The van der Waals surface area contributed by atoms with Crippen molar-refractivity contribution in [2.75, 3.05) is 0 Å². The van der Waals surface area contributed by atoms with Gasteiger partial charge in [0.05, 0.1) is 6.54 Å². The zero-order valence-corrected chi connectivity index (χ0v) is 16.0. The van der Waals surface area contributed by atoms with Crippen LogP contribution in [0.2, 0.25) is 0 Å². The summed E-state index contributed by atoms with van der Waals surface area (Å²) in [5.74, 6) is -0.337. The molecule has 6 nitrogen and oxygen atoms in total. The maximum Gasteiger partial charge on any atom is 0.336 e. The summed E-state index contributed by atoms with van der Waals surface area (Å²) in [5, 5.41) is 3.58. The minimum Gasteiger partial charge on any atom is -0.423 e. The topological polar surface area (TPSA) is 79.6 Å². The number of hydrogen-bond donors (Lipinski definition) is 1. The summed E-state index contributed by atoms with van der Waals surface area (Å²) in [6.45, 7) is 1.72. The number of aryl methyl sites for hydroxylation is 2. The monoisotopic (exact) mass is 388 g/mol. The molecule has 1 fully saturated rings. The molecule has 29 heavy (non-hydrogen) atoms. The Morgan fingerprint density at radius 1 is 1.03 bits per heavy atom. The van der Waals surface area contributed by atoms with Gasteiger partial charge in [-0.25, -0.2) is 9.59 Å². The SMILES string of the molecule is C[C@@]1(c2ccccc2)NC(=O)N(Cc2cc(=O)oc3cc4c(cc23)CCC4)C1=O. The molecular weight excluding hydrogens is 368 g/mol. The molecular formula is C23H20N2O4. The highest BCUT2D eigenvalue weighted by Gasteiger charge is 2.48. The lowest BCUT2D eigenvalue weighted by Gasteiger charge is -2.22. The van der Waals surface area contributed by atoms with Crippen LogP contribution in [0.15, 0.2) is 57.7 Å². The molecule has 3 amide bonds. The second-order valence-corrected chi connectivity index (χ2v) is 7.87. The summed E-state index contributed by atoms with van der Waals surface area (Å²) in [6, 6.07) is 14.0. The third-order valence-corrected chi connectivity index (χ3v) is 6.00. The largest absolute Gasteiger partial charge is 0.423 e. The van der Waals surface area contributed by atoms with Crippen molar-refractivity contribution in [2.24, 2.45) is 0 Å². The van der Waals surface area contributed by atoms with E-state index in [1.54, 1.807) is 6.92 Å². The average Bonchev–Trinajstić information content (AvgIpc) is 3.25. The van der Waals surface area contributed by atoms with Gasteiger partial charge in [-0.3, -0.25) is 9.69 Å². The normalized spacial score (nSPS) is 20.9. The minimum absolute atomic E-state index is 0.0218. The minimum atomic E-state index is -1.13. The Kier molecular flexibility index (Phi) is 3.84. The Balaban J connectivity index is 1.55. The molecule has 1 aromatic heterocycles. The number of carbonyl (C=O) groups excluding carboxylic acids is 2. The van der Waals surface area contributed by atoms with E-state index >= 15 is 0 Å². The lowest BCUT2D eigenvalue weighted by atomic mass is 9.92. The van der Waals surface area contributed by atoms with Crippen LogP contribution in [0.1, 0.15) is 35.6 Å². The summed E-state index contributed by atoms with van der Waals surface area (Å²) >= 11 is 0. The molecule has 1 saturated heterocycles. The standard InChI is InChI=1S/C23H20N2O4/c1-23(17-8-3-2-4-9-17)21(27)25(22(28)24-23)13-16-12-20(26)29-19-11-15-7-5-6-14(15)10-18(16)19/h2-4,8-12H,5-7,13H2,1H3,(H,24,28)/t23-/m0/s1. The molecule has 1 atom stereocenters. The molecule has 5 rings (SSSR count). The van der Waals surface area contributed by atoms with Gasteiger partial charge < -0.3 is 9.73 Å². The van der Waals surface area contributed by atoms with Crippen LogP contribution in [0.4, 0.5) is 4.79 Å². The second-order valence-electron chi connectivity index (χ2n) is 7.87. The van der Waals surface area contributed by atoms with Gasteiger partial charge in [-0.2, -0.15) is 0 Å². The third-order valence-electron chi connectivity index (χ3n) is 6.00. The van der Waals surface area contributed by atoms with Crippen LogP contribution < -0.4 is 10.9 Å². The van der Waals surface area contributed by atoms with Crippen LogP contribution in [0.25, 0.3) is 11.0 Å². The maximum absolute atomic E-state index is 13.2. The number of amides is 3. The number of fused-ring (bicyclic) bond motifs is 2. The van der Waals surface area contributed by atoms with E-state index in [4.69, 9.17) is 4.42 Å². The summed E-state index contributed by atoms with van der Waals surface area (Å²) in [5.41, 5.74) is 2.66. The van der Waals surface area contributed by atoms with Crippen LogP contribution >= 0.6 is 0 Å². The van der Waals surface area contributed by atoms with Crippen molar-refractivity contribution >= 4 is 22.9 Å². The Bertz CT molecular complexity index is 1210. The van der Waals surface area contributed by atoms with Gasteiger partial charge in [0.15, 0.2) is 0 Å². The molecule has 2 heterocycles. The first kappa shape index (κ1) is 17.7. The highest BCUT2D eigenvalue weighted by atomic mass is 16.4. The summed E-state index contributed by atoms with van der Waals surface area (Å²) < 4.78 is 5.40. The molecule has 0 bridgehead atoms. The Labute approximate surface area is 167 Å². The van der Waals surface area contributed by atoms with Gasteiger partial charge in [-0.1, -0.05) is 30.3 Å². The highest BCUT2D eigenvalue weighted by molar-refractivity contribution is 6.07. The van der Waals surface area contributed by atoms with Gasteiger partial charge in [0.1, 0.15) is 11.1 Å². The van der Waals surface area contributed by atoms with Gasteiger partial charge in [-0.15, -0.1) is 0 Å². The Morgan fingerprint density at radius 2 is 1.76 bits per heavy atom. The first-order valence-electron chi connectivity index (χ1n) is 9.74. The molecule has 0 spiro atoms. The number of imide groups is 1. The lowest BCUT2D eigenvalue weighted by Crippen LogP contribution is -2.40. The fourth-order valence-electron chi connectivity index (χ4n) is 4.40. The van der Waals surface area contributed by atoms with E-state index in [2.05, 4.69) is 5.32 Å². The smallest absolute Gasteiger partial charge is 0.336 e. The van der Waals surface area contributed by atoms with Crippen molar-refractivity contribution in [1.29, 1.82) is 0 Å². The Hall–Kier alpha value is -3.41. The van der Waals surface area contributed by atoms with Crippen molar-refractivity contribution in [3.05, 3.63) is 81.2 Å². The van der Waals surface area contributed by atoms with Crippen molar-refractivity contribution in [3.63, 3.8) is 0 Å². The van der Waals surface area contributed by atoms with Gasteiger partial charge in [0.2, 0.25) is 0 Å². The van der Waals surface area contributed by atoms with Crippen LogP contribution in [-0.2, 0) is 29.7 Å². The highest BCUT2D eigenvalue weighted by Crippen LogP contribution is 2.32. The van der Waals surface area contributed by atoms with Crippen molar-refractivity contribution in [3.8, 4) is 0 Å². The van der Waals surface area contributed by atoms with E-state index in [1.807, 2.05) is 42.5 Å². The molecule has 1 aliphatic carbocycles. The van der Waals surface area contributed by atoms with Crippen LogP contribution in [0, 0.1) is 0 Å². The lowest BCUT2D eigenvalue weighted by molar-refractivity contribution is -0.131. The number of benzene rings is 2. The van der Waals surface area contributed by atoms with Gasteiger partial charge in [0, 0.05) is 11.5 Å². The van der Waals surface area contributed by atoms with E-state index in [9.17, 15) is 14.4 Å². The van der Waals surface area contributed by atoms with Crippen molar-refractivity contribution in [1.82, 2.24) is 10.2 Å². The molecule has 0 radical (unpaired) electrons. The average molecular weight is 388 g/mol. The molecule has 146 valence electrons. The van der Waals surface area contributed by atoms with Crippen molar-refractivity contribution < 1.29 is 14.0 Å². The van der Waals surface area contributed by atoms with Crippen molar-refractivity contribution in [2.45, 2.75) is 38.3 Å². The third kappa shape index (κ3) is 2.75. The first-order chi connectivity index (χ1) is 14.0. The molecule has 0 unspecified atom stereocenters. The number of nitrogens with zero attached hydrogens (tertiary/aromatic N) is 1. The van der Waals surface area contributed by atoms with E-state index in [0.29, 0.717) is 11.1 Å². The fourth-order valence-corrected chi connectivity index (χ4v) is 4.40. The number of rotatable bonds is 3. The van der Waals surface area contributed by atoms with Crippen LogP contribution in [-0.4, -0.2) is 16.8 Å². The molecule has 6 heteroatoms. The quantitative estimate of drug-likeness (QED) is 0.552. The molecule has 2 aromatic carbocycles. The van der Waals surface area contributed by atoms with Crippen LogP contribution in [0.3, 0.4) is 0 Å². The number of urea groups is 1. The van der Waals surface area contributed by atoms with E-state index in [-0.39, 0.29) is 12.5 Å². The van der Waals surface area contributed by atoms with Gasteiger partial charge >= 0.3 is 11.7 Å². The number of nitrogens with one attached hydrogen (secondary N) is 1. The predicted molar refractivity (Wildman–Crippen MR) is 107 cm³/mol. The summed E-state index contributed by atoms with van der Waals surface area (Å²) in [6.07, 6.45) is 3.04. The molecule has 2 aliphatic rings. The van der Waals surface area contributed by atoms with E-state index in [1.165, 1.54) is 22.1 Å². The van der Waals surface area contributed by atoms with Crippen LogP contribution in [0.5, 0.6) is 0 Å². The molecule has 3 aromatic rings. The predicted octanol–water partition coefficient (Wildman–Crippen LogP) is 3.25. The maximum atomic E-state index is 13.2.